The zero-order valence-electron chi connectivity index (χ0n) is 12.0. The second-order valence-electron chi connectivity index (χ2n) is 5.28. The smallest absolute Gasteiger partial charge is 0.150 e. The summed E-state index contributed by atoms with van der Waals surface area (Å²) in [6.07, 6.45) is 3.34. The number of fused-ring (bicyclic) bond motifs is 1. The standard InChI is InChI=1S/C15H16N6S/c16-13-9-17-10-14(18-13)20-5-7-21(8-6-20)15-11-3-1-2-4-12(11)22-19-15/h1-4,9-10H,5-8H2,(H2,16,18). The van der Waals surface area contributed by atoms with Gasteiger partial charge in [-0.1, -0.05) is 12.1 Å². The lowest BCUT2D eigenvalue weighted by molar-refractivity contribution is 0.644. The van der Waals surface area contributed by atoms with E-state index in [1.54, 1.807) is 23.9 Å². The lowest BCUT2D eigenvalue weighted by atomic mass is 10.2. The maximum atomic E-state index is 5.71. The summed E-state index contributed by atoms with van der Waals surface area (Å²) in [6, 6.07) is 8.39. The number of nitrogen functional groups attached to an aromatic ring is 1. The van der Waals surface area contributed by atoms with E-state index in [2.05, 4.69) is 48.4 Å². The Bertz CT molecular complexity index is 793. The fourth-order valence-corrected chi connectivity index (χ4v) is 3.57. The SMILES string of the molecule is Nc1cncc(N2CCN(c3nsc4ccccc34)CC2)n1. The maximum absolute atomic E-state index is 5.71. The van der Waals surface area contributed by atoms with Gasteiger partial charge in [-0.05, 0) is 23.7 Å². The molecule has 2 N–H and O–H groups in total. The number of benzene rings is 1. The Hall–Kier alpha value is -2.41. The van der Waals surface area contributed by atoms with Crippen LogP contribution in [0.2, 0.25) is 0 Å². The molecule has 1 aliphatic rings. The molecule has 2 aromatic heterocycles. The Morgan fingerprint density at radius 1 is 1.00 bits per heavy atom. The Labute approximate surface area is 132 Å². The topological polar surface area (TPSA) is 71.2 Å². The van der Waals surface area contributed by atoms with Crippen LogP contribution < -0.4 is 15.5 Å². The van der Waals surface area contributed by atoms with Gasteiger partial charge < -0.3 is 15.5 Å². The molecule has 0 bridgehead atoms. The van der Waals surface area contributed by atoms with Gasteiger partial charge in [-0.25, -0.2) is 4.98 Å². The first-order chi connectivity index (χ1) is 10.8. The van der Waals surface area contributed by atoms with Crippen molar-refractivity contribution in [3.05, 3.63) is 36.7 Å². The Morgan fingerprint density at radius 2 is 1.77 bits per heavy atom. The summed E-state index contributed by atoms with van der Waals surface area (Å²) >= 11 is 1.56. The highest BCUT2D eigenvalue weighted by atomic mass is 32.1. The summed E-state index contributed by atoms with van der Waals surface area (Å²) in [7, 11) is 0. The van der Waals surface area contributed by atoms with Gasteiger partial charge >= 0.3 is 0 Å². The third kappa shape index (κ3) is 2.33. The van der Waals surface area contributed by atoms with Crippen LogP contribution in [-0.2, 0) is 0 Å². The molecule has 0 spiro atoms. The Morgan fingerprint density at radius 3 is 2.59 bits per heavy atom. The summed E-state index contributed by atoms with van der Waals surface area (Å²) in [5.41, 5.74) is 5.71. The highest BCUT2D eigenvalue weighted by Crippen LogP contribution is 2.30. The summed E-state index contributed by atoms with van der Waals surface area (Å²) in [5.74, 6) is 2.41. The molecule has 3 heterocycles. The van der Waals surface area contributed by atoms with Crippen molar-refractivity contribution >= 4 is 39.1 Å². The Kier molecular flexibility index (Phi) is 3.27. The van der Waals surface area contributed by atoms with Crippen molar-refractivity contribution in [2.75, 3.05) is 41.7 Å². The van der Waals surface area contributed by atoms with E-state index in [0.717, 1.165) is 37.8 Å². The first-order valence-corrected chi connectivity index (χ1v) is 8.00. The third-order valence-electron chi connectivity index (χ3n) is 3.90. The second-order valence-corrected chi connectivity index (χ2v) is 6.08. The van der Waals surface area contributed by atoms with Gasteiger partial charge in [-0.15, -0.1) is 0 Å². The molecule has 1 fully saturated rings. The minimum atomic E-state index is 0.463. The summed E-state index contributed by atoms with van der Waals surface area (Å²) in [4.78, 5) is 13.0. The Balaban J connectivity index is 1.52. The van der Waals surface area contributed by atoms with E-state index < -0.39 is 0 Å². The number of hydrogen-bond acceptors (Lipinski definition) is 7. The van der Waals surface area contributed by atoms with Crippen molar-refractivity contribution in [2.24, 2.45) is 0 Å². The van der Waals surface area contributed by atoms with Crippen molar-refractivity contribution in [1.29, 1.82) is 0 Å². The van der Waals surface area contributed by atoms with Crippen LogP contribution in [0.1, 0.15) is 0 Å². The predicted molar refractivity (Wildman–Crippen MR) is 90.5 cm³/mol. The number of aromatic nitrogens is 3. The zero-order chi connectivity index (χ0) is 14.9. The molecule has 0 atom stereocenters. The molecule has 3 aromatic rings. The first kappa shape index (κ1) is 13.3. The molecule has 4 rings (SSSR count). The van der Waals surface area contributed by atoms with Gasteiger partial charge in [0.1, 0.15) is 17.5 Å². The first-order valence-electron chi connectivity index (χ1n) is 7.23. The molecule has 112 valence electrons. The van der Waals surface area contributed by atoms with E-state index in [1.165, 1.54) is 10.1 Å². The van der Waals surface area contributed by atoms with E-state index >= 15 is 0 Å². The fraction of sp³-hybridized carbons (Fsp3) is 0.267. The largest absolute Gasteiger partial charge is 0.382 e. The highest BCUT2D eigenvalue weighted by molar-refractivity contribution is 7.13. The maximum Gasteiger partial charge on any atom is 0.150 e. The summed E-state index contributed by atoms with van der Waals surface area (Å²) in [6.45, 7) is 3.63. The lowest BCUT2D eigenvalue weighted by Crippen LogP contribution is -2.47. The molecule has 7 heteroatoms. The molecular formula is C15H16N6S. The molecule has 1 aliphatic heterocycles. The van der Waals surface area contributed by atoms with E-state index in [-0.39, 0.29) is 0 Å². The zero-order valence-corrected chi connectivity index (χ0v) is 12.8. The summed E-state index contributed by atoms with van der Waals surface area (Å²) < 4.78 is 5.87. The predicted octanol–water partition coefficient (Wildman–Crippen LogP) is 2.00. The number of hydrogen-bond donors (Lipinski definition) is 1. The van der Waals surface area contributed by atoms with Crippen LogP contribution in [-0.4, -0.2) is 40.5 Å². The van der Waals surface area contributed by atoms with Crippen LogP contribution in [0, 0.1) is 0 Å². The summed E-state index contributed by atoms with van der Waals surface area (Å²) in [5, 5.41) is 1.24. The van der Waals surface area contributed by atoms with Gasteiger partial charge in [0, 0.05) is 31.6 Å². The van der Waals surface area contributed by atoms with Crippen molar-refractivity contribution in [3.63, 3.8) is 0 Å². The normalized spacial score (nSPS) is 15.5. The van der Waals surface area contributed by atoms with Crippen LogP contribution in [0.3, 0.4) is 0 Å². The molecule has 22 heavy (non-hydrogen) atoms. The second kappa shape index (κ2) is 5.42. The van der Waals surface area contributed by atoms with E-state index in [4.69, 9.17) is 5.73 Å². The van der Waals surface area contributed by atoms with Crippen molar-refractivity contribution < 1.29 is 0 Å². The average molecular weight is 312 g/mol. The van der Waals surface area contributed by atoms with Crippen LogP contribution >= 0.6 is 11.5 Å². The third-order valence-corrected chi connectivity index (χ3v) is 4.72. The number of piperazine rings is 1. The fourth-order valence-electron chi connectivity index (χ4n) is 2.77. The van der Waals surface area contributed by atoms with Gasteiger partial charge in [0.2, 0.25) is 0 Å². The number of rotatable bonds is 2. The lowest BCUT2D eigenvalue weighted by Gasteiger charge is -2.35. The van der Waals surface area contributed by atoms with Crippen molar-refractivity contribution in [2.45, 2.75) is 0 Å². The van der Waals surface area contributed by atoms with Crippen LogP contribution in [0.25, 0.3) is 10.1 Å². The van der Waals surface area contributed by atoms with E-state index in [9.17, 15) is 0 Å². The number of anilines is 3. The highest BCUT2D eigenvalue weighted by Gasteiger charge is 2.21. The van der Waals surface area contributed by atoms with Gasteiger partial charge in [0.05, 0.1) is 17.1 Å². The molecular weight excluding hydrogens is 296 g/mol. The number of nitrogens with two attached hydrogens (primary N) is 1. The quantitative estimate of drug-likeness (QED) is 0.780. The van der Waals surface area contributed by atoms with E-state index in [1.807, 2.05) is 0 Å². The molecule has 0 saturated carbocycles. The molecule has 0 aliphatic carbocycles. The minimum Gasteiger partial charge on any atom is -0.382 e. The molecule has 6 nitrogen and oxygen atoms in total. The average Bonchev–Trinajstić information content (AvgIpc) is 2.99. The number of nitrogens with zero attached hydrogens (tertiary/aromatic N) is 5. The molecule has 1 aromatic carbocycles. The van der Waals surface area contributed by atoms with Gasteiger partial charge in [-0.2, -0.15) is 4.37 Å². The van der Waals surface area contributed by atoms with Gasteiger partial charge in [0.25, 0.3) is 0 Å². The van der Waals surface area contributed by atoms with Gasteiger partial charge in [0.15, 0.2) is 0 Å². The molecule has 0 amide bonds. The van der Waals surface area contributed by atoms with Gasteiger partial charge in [-0.3, -0.25) is 4.98 Å². The van der Waals surface area contributed by atoms with Crippen molar-refractivity contribution in [1.82, 2.24) is 14.3 Å². The monoisotopic (exact) mass is 312 g/mol. The minimum absolute atomic E-state index is 0.463. The van der Waals surface area contributed by atoms with E-state index in [0.29, 0.717) is 5.82 Å². The molecule has 1 saturated heterocycles. The van der Waals surface area contributed by atoms with Crippen LogP contribution in [0.4, 0.5) is 17.5 Å². The van der Waals surface area contributed by atoms with Crippen LogP contribution in [0.15, 0.2) is 36.7 Å². The molecule has 0 radical (unpaired) electrons. The van der Waals surface area contributed by atoms with Crippen LogP contribution in [0.5, 0.6) is 0 Å². The van der Waals surface area contributed by atoms with Crippen molar-refractivity contribution in [3.8, 4) is 0 Å². The molecule has 0 unspecified atom stereocenters.